The van der Waals surface area contributed by atoms with E-state index in [0.717, 1.165) is 0 Å². The summed E-state index contributed by atoms with van der Waals surface area (Å²) in [6.07, 6.45) is 1.41. The Morgan fingerprint density at radius 2 is 2.22 bits per heavy atom. The van der Waals surface area contributed by atoms with Gasteiger partial charge in [0, 0.05) is 6.07 Å². The summed E-state index contributed by atoms with van der Waals surface area (Å²) in [5, 5.41) is 8.81. The van der Waals surface area contributed by atoms with E-state index in [1.807, 2.05) is 0 Å². The lowest BCUT2D eigenvalue weighted by Crippen LogP contribution is -2.38. The first-order valence-electron chi connectivity index (χ1n) is 2.33. The maximum absolute atomic E-state index is 8.81. The van der Waals surface area contributed by atoms with Gasteiger partial charge in [0.2, 0.25) is 5.82 Å². The van der Waals surface area contributed by atoms with Crippen molar-refractivity contribution >= 4 is 11.8 Å². The van der Waals surface area contributed by atoms with E-state index in [4.69, 9.17) is 16.7 Å². The van der Waals surface area contributed by atoms with Crippen LogP contribution in [0.4, 0.5) is 11.8 Å². The van der Waals surface area contributed by atoms with Crippen LogP contribution in [0.25, 0.3) is 0 Å². The molecular weight excluding hydrogens is 120 g/mol. The van der Waals surface area contributed by atoms with E-state index in [1.54, 1.807) is 0 Å². The van der Waals surface area contributed by atoms with Crippen molar-refractivity contribution in [3.8, 4) is 0 Å². The molecule has 0 spiro atoms. The Kier molecular flexibility index (Phi) is 1.11. The molecular formula is C4H7N4O+. The maximum atomic E-state index is 8.81. The topological polar surface area (TPSA) is 89.0 Å². The highest BCUT2D eigenvalue weighted by molar-refractivity contribution is 5.21. The van der Waals surface area contributed by atoms with Crippen molar-refractivity contribution in [2.45, 2.75) is 0 Å². The van der Waals surface area contributed by atoms with Crippen LogP contribution in [-0.2, 0) is 0 Å². The number of nitrogens with two attached hydrogens (primary N) is 2. The highest BCUT2D eigenvalue weighted by Crippen LogP contribution is 1.90. The Labute approximate surface area is 51.5 Å². The van der Waals surface area contributed by atoms with Gasteiger partial charge in [-0.25, -0.2) is 0 Å². The number of rotatable bonds is 0. The molecule has 0 radical (unpaired) electrons. The molecule has 0 fully saturated rings. The van der Waals surface area contributed by atoms with Gasteiger partial charge in [-0.2, -0.15) is 0 Å². The van der Waals surface area contributed by atoms with Crippen LogP contribution < -0.4 is 16.2 Å². The largest absolute Gasteiger partial charge is 0.382 e. The van der Waals surface area contributed by atoms with E-state index in [0.29, 0.717) is 4.73 Å². The van der Waals surface area contributed by atoms with Crippen LogP contribution in [0.5, 0.6) is 0 Å². The minimum atomic E-state index is -0.0185. The molecule has 1 rings (SSSR count). The summed E-state index contributed by atoms with van der Waals surface area (Å²) in [4.78, 5) is 3.55. The Bertz CT molecular complexity index is 204. The lowest BCUT2D eigenvalue weighted by molar-refractivity contribution is -0.883. The molecule has 0 bridgehead atoms. The maximum Gasteiger partial charge on any atom is 0.381 e. The molecule has 5 N–H and O–H groups in total. The zero-order chi connectivity index (χ0) is 6.85. The highest BCUT2D eigenvalue weighted by Gasteiger charge is 2.03. The summed E-state index contributed by atoms with van der Waals surface area (Å²) in [6, 6.07) is 1.44. The molecule has 0 saturated heterocycles. The summed E-state index contributed by atoms with van der Waals surface area (Å²) in [7, 11) is 0. The molecule has 0 saturated carbocycles. The van der Waals surface area contributed by atoms with Crippen molar-refractivity contribution in [3.05, 3.63) is 12.3 Å². The summed E-state index contributed by atoms with van der Waals surface area (Å²) < 4.78 is 0.611. The molecule has 5 nitrogen and oxygen atoms in total. The third-order valence-corrected chi connectivity index (χ3v) is 0.914. The van der Waals surface area contributed by atoms with Crippen LogP contribution in [0.1, 0.15) is 0 Å². The molecule has 9 heavy (non-hydrogen) atoms. The molecule has 48 valence electrons. The predicted octanol–water partition coefficient (Wildman–Crippen LogP) is -1.23. The molecule has 0 aliphatic carbocycles. The second-order valence-electron chi connectivity index (χ2n) is 1.54. The van der Waals surface area contributed by atoms with Crippen LogP contribution in [0.15, 0.2) is 12.3 Å². The predicted molar refractivity (Wildman–Crippen MR) is 30.4 cm³/mol. The van der Waals surface area contributed by atoms with Crippen molar-refractivity contribution in [2.75, 3.05) is 11.5 Å². The highest BCUT2D eigenvalue weighted by atomic mass is 16.5. The summed E-state index contributed by atoms with van der Waals surface area (Å²) in [5.41, 5.74) is 10.4. The van der Waals surface area contributed by atoms with Crippen molar-refractivity contribution in [2.24, 2.45) is 0 Å². The standard InChI is InChI=1S/C4H6N4O/c5-3-1-2-7-4(6)8(3)9/h1-2,9H,(H3,5,6,7)/p+1. The fraction of sp³-hybridized carbons (Fsp3) is 0. The molecule has 0 atom stereocenters. The minimum absolute atomic E-state index is 0.0185. The number of nitrogen functional groups attached to an aromatic ring is 2. The van der Waals surface area contributed by atoms with Crippen LogP contribution >= 0.6 is 0 Å². The van der Waals surface area contributed by atoms with Crippen LogP contribution in [-0.4, -0.2) is 10.2 Å². The number of nitrogens with zero attached hydrogens (tertiary/aromatic N) is 2. The van der Waals surface area contributed by atoms with E-state index in [2.05, 4.69) is 4.98 Å². The SMILES string of the molecule is Nc1ccnc(N)[n+]1O. The van der Waals surface area contributed by atoms with Gasteiger partial charge in [0.1, 0.15) is 0 Å². The molecule has 1 heterocycles. The monoisotopic (exact) mass is 127 g/mol. The Hall–Kier alpha value is -1.52. The lowest BCUT2D eigenvalue weighted by atomic mass is 10.6. The molecule has 0 aliphatic heterocycles. The molecule has 5 heteroatoms. The van der Waals surface area contributed by atoms with Gasteiger partial charge in [-0.1, -0.05) is 0 Å². The zero-order valence-electron chi connectivity index (χ0n) is 4.65. The third-order valence-electron chi connectivity index (χ3n) is 0.914. The van der Waals surface area contributed by atoms with Crippen molar-refractivity contribution < 1.29 is 9.94 Å². The lowest BCUT2D eigenvalue weighted by Gasteiger charge is -1.93. The normalized spacial score (nSPS) is 9.33. The zero-order valence-corrected chi connectivity index (χ0v) is 4.65. The van der Waals surface area contributed by atoms with E-state index in [9.17, 15) is 0 Å². The van der Waals surface area contributed by atoms with Gasteiger partial charge in [0.15, 0.2) is 0 Å². The second kappa shape index (κ2) is 1.77. The van der Waals surface area contributed by atoms with E-state index in [-0.39, 0.29) is 11.8 Å². The molecule has 0 amide bonds. The second-order valence-corrected chi connectivity index (χ2v) is 1.54. The van der Waals surface area contributed by atoms with Gasteiger partial charge in [-0.3, -0.25) is 0 Å². The Morgan fingerprint density at radius 1 is 1.56 bits per heavy atom. The van der Waals surface area contributed by atoms with Gasteiger partial charge in [-0.15, -0.1) is 4.98 Å². The van der Waals surface area contributed by atoms with Crippen LogP contribution in [0, 0.1) is 0 Å². The van der Waals surface area contributed by atoms with Gasteiger partial charge in [0.05, 0.1) is 6.20 Å². The summed E-state index contributed by atoms with van der Waals surface area (Å²) in [5.74, 6) is 0.150. The first kappa shape index (κ1) is 5.61. The van der Waals surface area contributed by atoms with Crippen molar-refractivity contribution in [1.82, 2.24) is 4.98 Å². The van der Waals surface area contributed by atoms with E-state index < -0.39 is 0 Å². The first-order valence-corrected chi connectivity index (χ1v) is 2.33. The average molecular weight is 127 g/mol. The fourth-order valence-corrected chi connectivity index (χ4v) is 0.448. The minimum Gasteiger partial charge on any atom is -0.382 e. The van der Waals surface area contributed by atoms with Gasteiger partial charge in [-0.05, 0) is 4.73 Å². The third kappa shape index (κ3) is 0.835. The number of aromatic nitrogens is 2. The molecule has 0 aliphatic rings. The fourth-order valence-electron chi connectivity index (χ4n) is 0.448. The van der Waals surface area contributed by atoms with Crippen LogP contribution in [0.2, 0.25) is 0 Å². The van der Waals surface area contributed by atoms with Gasteiger partial charge >= 0.3 is 5.95 Å². The number of anilines is 2. The van der Waals surface area contributed by atoms with Crippen molar-refractivity contribution in [3.63, 3.8) is 0 Å². The average Bonchev–Trinajstić information content (AvgIpc) is 1.83. The Morgan fingerprint density at radius 3 is 2.67 bits per heavy atom. The smallest absolute Gasteiger partial charge is 0.381 e. The molecule has 1 aromatic heterocycles. The van der Waals surface area contributed by atoms with E-state index in [1.165, 1.54) is 12.3 Å². The first-order chi connectivity index (χ1) is 4.22. The molecule has 0 aromatic carbocycles. The molecule has 1 aromatic rings. The Balaban J connectivity index is 3.25. The van der Waals surface area contributed by atoms with Gasteiger partial charge in [0.25, 0.3) is 0 Å². The van der Waals surface area contributed by atoms with Crippen LogP contribution in [0.3, 0.4) is 0 Å². The van der Waals surface area contributed by atoms with E-state index >= 15 is 0 Å². The van der Waals surface area contributed by atoms with Crippen molar-refractivity contribution in [1.29, 1.82) is 0 Å². The van der Waals surface area contributed by atoms with Gasteiger partial charge < -0.3 is 16.7 Å². The number of hydrogen-bond donors (Lipinski definition) is 3. The molecule has 0 unspecified atom stereocenters. The number of hydrogen-bond acceptors (Lipinski definition) is 4. The quantitative estimate of drug-likeness (QED) is 0.301. The summed E-state index contributed by atoms with van der Waals surface area (Å²) >= 11 is 0. The summed E-state index contributed by atoms with van der Waals surface area (Å²) in [6.45, 7) is 0.